The van der Waals surface area contributed by atoms with Crippen LogP contribution in [0.1, 0.15) is 16.8 Å². The summed E-state index contributed by atoms with van der Waals surface area (Å²) < 4.78 is 2.09. The number of rotatable bonds is 3. The molecule has 31 heavy (non-hydrogen) atoms. The lowest BCUT2D eigenvalue weighted by atomic mass is 10.1. The number of fused-ring (bicyclic) bond motifs is 1. The van der Waals surface area contributed by atoms with Gasteiger partial charge in [-0.05, 0) is 90.0 Å². The van der Waals surface area contributed by atoms with Gasteiger partial charge in [0.05, 0.1) is 10.6 Å². The van der Waals surface area contributed by atoms with Gasteiger partial charge in [0.25, 0.3) is 5.91 Å². The van der Waals surface area contributed by atoms with E-state index < -0.39 is 0 Å². The standard InChI is InChI=1S/C26H21N3OS/c1-17-12-18(2)14-21(13-17)27-26-28-25(30)24(31-26)16-22-8-5-11-29(22)23-10-9-19-6-3-4-7-20(19)15-23/h3-16H,1-2H3,(H,27,28,30)/b24-16-. The summed E-state index contributed by atoms with van der Waals surface area (Å²) in [5.74, 6) is -0.126. The molecule has 0 atom stereocenters. The highest BCUT2D eigenvalue weighted by molar-refractivity contribution is 8.18. The summed E-state index contributed by atoms with van der Waals surface area (Å²) in [6.07, 6.45) is 3.93. The number of carbonyl (C=O) groups excluding carboxylic acids is 1. The first kappa shape index (κ1) is 19.4. The normalized spacial score (nSPS) is 16.4. The Labute approximate surface area is 185 Å². The van der Waals surface area contributed by atoms with Crippen LogP contribution in [0.5, 0.6) is 0 Å². The Balaban J connectivity index is 1.45. The van der Waals surface area contributed by atoms with Crippen molar-refractivity contribution in [3.8, 4) is 5.69 Å². The van der Waals surface area contributed by atoms with Crippen molar-refractivity contribution in [1.82, 2.24) is 9.88 Å². The number of benzene rings is 3. The van der Waals surface area contributed by atoms with Crippen LogP contribution < -0.4 is 5.32 Å². The Kier molecular flexibility index (Phi) is 4.96. The number of amides is 1. The van der Waals surface area contributed by atoms with Crippen LogP contribution in [0.3, 0.4) is 0 Å². The quantitative estimate of drug-likeness (QED) is 0.402. The molecule has 5 rings (SSSR count). The molecular formula is C26H21N3OS. The molecule has 1 amide bonds. The monoisotopic (exact) mass is 423 g/mol. The van der Waals surface area contributed by atoms with Crippen LogP contribution in [-0.2, 0) is 4.79 Å². The molecule has 5 heteroatoms. The molecule has 1 saturated heterocycles. The third kappa shape index (κ3) is 4.05. The molecule has 1 aliphatic rings. The van der Waals surface area contributed by atoms with Gasteiger partial charge in [-0.2, -0.15) is 0 Å². The average molecular weight is 424 g/mol. The van der Waals surface area contributed by atoms with Crippen molar-refractivity contribution in [2.45, 2.75) is 13.8 Å². The van der Waals surface area contributed by atoms with Gasteiger partial charge >= 0.3 is 0 Å². The van der Waals surface area contributed by atoms with E-state index in [0.29, 0.717) is 10.1 Å². The lowest BCUT2D eigenvalue weighted by Crippen LogP contribution is -2.19. The zero-order valence-electron chi connectivity index (χ0n) is 17.3. The van der Waals surface area contributed by atoms with Gasteiger partial charge in [-0.25, -0.2) is 4.99 Å². The Hall–Kier alpha value is -3.57. The lowest BCUT2D eigenvalue weighted by Gasteiger charge is -2.08. The predicted octanol–water partition coefficient (Wildman–Crippen LogP) is 6.14. The SMILES string of the molecule is Cc1cc(C)cc(N=C2NC(=O)/C(=C/c3cccn3-c3ccc4ccccc4c3)S2)c1. The van der Waals surface area contributed by atoms with E-state index in [0.717, 1.165) is 28.2 Å². The van der Waals surface area contributed by atoms with Crippen molar-refractivity contribution >= 4 is 45.4 Å². The number of aliphatic imine (C=N–C) groups is 1. The number of carbonyl (C=O) groups is 1. The fraction of sp³-hybridized carbons (Fsp3) is 0.0769. The molecule has 1 N–H and O–H groups in total. The van der Waals surface area contributed by atoms with Crippen molar-refractivity contribution in [1.29, 1.82) is 0 Å². The summed E-state index contributed by atoms with van der Waals surface area (Å²) in [6.45, 7) is 4.09. The Morgan fingerprint density at radius 2 is 1.68 bits per heavy atom. The summed E-state index contributed by atoms with van der Waals surface area (Å²) >= 11 is 1.37. The van der Waals surface area contributed by atoms with Gasteiger partial charge < -0.3 is 9.88 Å². The molecule has 0 unspecified atom stereocenters. The van der Waals surface area contributed by atoms with Gasteiger partial charge in [0.1, 0.15) is 0 Å². The molecule has 3 aromatic carbocycles. The van der Waals surface area contributed by atoms with E-state index in [4.69, 9.17) is 0 Å². The van der Waals surface area contributed by atoms with Crippen LogP contribution in [0.4, 0.5) is 5.69 Å². The minimum Gasteiger partial charge on any atom is -0.317 e. The Morgan fingerprint density at radius 1 is 0.903 bits per heavy atom. The second-order valence-corrected chi connectivity index (χ2v) is 8.69. The van der Waals surface area contributed by atoms with E-state index in [9.17, 15) is 4.79 Å². The number of nitrogens with one attached hydrogen (secondary N) is 1. The molecule has 1 aliphatic heterocycles. The largest absolute Gasteiger partial charge is 0.317 e. The van der Waals surface area contributed by atoms with E-state index in [2.05, 4.69) is 51.3 Å². The molecule has 152 valence electrons. The second-order valence-electron chi connectivity index (χ2n) is 7.66. The first-order valence-electron chi connectivity index (χ1n) is 10.1. The van der Waals surface area contributed by atoms with E-state index >= 15 is 0 Å². The third-order valence-corrected chi connectivity index (χ3v) is 6.07. The number of aromatic nitrogens is 1. The highest BCUT2D eigenvalue weighted by Gasteiger charge is 2.24. The molecule has 4 nitrogen and oxygen atoms in total. The van der Waals surface area contributed by atoms with Crippen LogP contribution >= 0.6 is 11.8 Å². The van der Waals surface area contributed by atoms with Crippen LogP contribution in [0.15, 0.2) is 88.9 Å². The Morgan fingerprint density at radius 3 is 2.48 bits per heavy atom. The topological polar surface area (TPSA) is 46.4 Å². The summed E-state index contributed by atoms with van der Waals surface area (Å²) in [5.41, 5.74) is 5.15. The van der Waals surface area contributed by atoms with Gasteiger partial charge in [0.15, 0.2) is 5.17 Å². The van der Waals surface area contributed by atoms with Gasteiger partial charge in [0, 0.05) is 17.6 Å². The minimum atomic E-state index is -0.126. The van der Waals surface area contributed by atoms with Crippen molar-refractivity contribution in [2.24, 2.45) is 4.99 Å². The van der Waals surface area contributed by atoms with Crippen molar-refractivity contribution in [3.05, 3.63) is 101 Å². The smallest absolute Gasteiger partial charge is 0.264 e. The molecular weight excluding hydrogens is 402 g/mol. The van der Waals surface area contributed by atoms with Crippen molar-refractivity contribution < 1.29 is 4.79 Å². The first-order valence-corrected chi connectivity index (χ1v) is 10.9. The summed E-state index contributed by atoms with van der Waals surface area (Å²) in [4.78, 5) is 17.8. The molecule has 1 aromatic heterocycles. The second kappa shape index (κ2) is 7.93. The van der Waals surface area contributed by atoms with Gasteiger partial charge in [-0.3, -0.25) is 4.79 Å². The zero-order valence-corrected chi connectivity index (χ0v) is 18.1. The van der Waals surface area contributed by atoms with E-state index in [1.54, 1.807) is 0 Å². The Bertz CT molecular complexity index is 1360. The maximum absolute atomic E-state index is 12.6. The van der Waals surface area contributed by atoms with E-state index in [-0.39, 0.29) is 5.91 Å². The molecule has 0 aliphatic carbocycles. The molecule has 0 saturated carbocycles. The molecule has 4 aromatic rings. The summed E-state index contributed by atoms with van der Waals surface area (Å²) in [5, 5.41) is 5.87. The number of hydrogen-bond acceptors (Lipinski definition) is 3. The maximum atomic E-state index is 12.6. The maximum Gasteiger partial charge on any atom is 0.264 e. The van der Waals surface area contributed by atoms with Gasteiger partial charge in [-0.1, -0.05) is 36.4 Å². The fourth-order valence-corrected chi connectivity index (χ4v) is 4.65. The zero-order chi connectivity index (χ0) is 21.4. The number of aryl methyl sites for hydroxylation is 2. The molecule has 2 heterocycles. The first-order chi connectivity index (χ1) is 15.0. The van der Waals surface area contributed by atoms with Crippen LogP contribution in [0.2, 0.25) is 0 Å². The van der Waals surface area contributed by atoms with Crippen molar-refractivity contribution in [3.63, 3.8) is 0 Å². The van der Waals surface area contributed by atoms with E-state index in [1.165, 1.54) is 22.5 Å². The molecule has 0 spiro atoms. The molecule has 0 radical (unpaired) electrons. The number of amidine groups is 1. The highest BCUT2D eigenvalue weighted by Crippen LogP contribution is 2.30. The van der Waals surface area contributed by atoms with Gasteiger partial charge in [-0.15, -0.1) is 0 Å². The molecule has 0 bridgehead atoms. The van der Waals surface area contributed by atoms with Crippen LogP contribution in [0.25, 0.3) is 22.5 Å². The highest BCUT2D eigenvalue weighted by atomic mass is 32.2. The number of hydrogen-bond donors (Lipinski definition) is 1. The minimum absolute atomic E-state index is 0.126. The van der Waals surface area contributed by atoms with Crippen LogP contribution in [0, 0.1) is 13.8 Å². The summed E-state index contributed by atoms with van der Waals surface area (Å²) in [7, 11) is 0. The van der Waals surface area contributed by atoms with E-state index in [1.807, 2.05) is 62.5 Å². The fourth-order valence-electron chi connectivity index (χ4n) is 3.82. The predicted molar refractivity (Wildman–Crippen MR) is 130 cm³/mol. The van der Waals surface area contributed by atoms with Gasteiger partial charge in [0.2, 0.25) is 0 Å². The summed E-state index contributed by atoms with van der Waals surface area (Å²) in [6, 6.07) is 24.8. The van der Waals surface area contributed by atoms with Crippen molar-refractivity contribution in [2.75, 3.05) is 0 Å². The lowest BCUT2D eigenvalue weighted by molar-refractivity contribution is -0.115. The number of nitrogens with zero attached hydrogens (tertiary/aromatic N) is 2. The average Bonchev–Trinajstić information content (AvgIpc) is 3.33. The van der Waals surface area contributed by atoms with Crippen LogP contribution in [-0.4, -0.2) is 15.6 Å². The number of thioether (sulfide) groups is 1. The third-order valence-electron chi connectivity index (χ3n) is 5.16. The molecule has 1 fully saturated rings.